The summed E-state index contributed by atoms with van der Waals surface area (Å²) in [4.78, 5) is 0. The van der Waals surface area contributed by atoms with Crippen LogP contribution in [0.4, 0.5) is 0 Å². The molecule has 6 aromatic carbocycles. The number of aromatic nitrogens is 1. The van der Waals surface area contributed by atoms with Crippen molar-refractivity contribution < 1.29 is 0 Å². The zero-order valence-corrected chi connectivity index (χ0v) is 23.2. The van der Waals surface area contributed by atoms with Gasteiger partial charge in [0.05, 0.1) is 32.5 Å². The summed E-state index contributed by atoms with van der Waals surface area (Å²) < 4.78 is 4.25. The molecule has 0 aliphatic rings. The zero-order valence-electron chi connectivity index (χ0n) is 22.4. The van der Waals surface area contributed by atoms with Gasteiger partial charge in [0.1, 0.15) is 12.1 Å². The van der Waals surface area contributed by atoms with Crippen molar-refractivity contribution in [2.24, 2.45) is 0 Å². The number of nitrogens with zero attached hydrogens (tertiary/aromatic N) is 3. The molecule has 8 rings (SSSR count). The van der Waals surface area contributed by atoms with Gasteiger partial charge >= 0.3 is 0 Å². The quantitative estimate of drug-likeness (QED) is 0.219. The zero-order chi connectivity index (χ0) is 28.2. The Morgan fingerprint density at radius 3 is 1.62 bits per heavy atom. The molecule has 3 nitrogen and oxygen atoms in total. The van der Waals surface area contributed by atoms with Crippen LogP contribution in [0.1, 0.15) is 11.1 Å². The lowest BCUT2D eigenvalue weighted by Gasteiger charge is -2.14. The molecule has 2 heterocycles. The summed E-state index contributed by atoms with van der Waals surface area (Å²) in [7, 11) is 0. The van der Waals surface area contributed by atoms with E-state index in [0.29, 0.717) is 11.1 Å². The lowest BCUT2D eigenvalue weighted by Crippen LogP contribution is -2.00. The van der Waals surface area contributed by atoms with Gasteiger partial charge in [0, 0.05) is 26.2 Å². The van der Waals surface area contributed by atoms with E-state index < -0.39 is 0 Å². The molecule has 194 valence electrons. The topological polar surface area (TPSA) is 52.5 Å². The summed E-state index contributed by atoms with van der Waals surface area (Å²) >= 11 is 1.61. The SMILES string of the molecule is N#Cc1cc(C#N)c2sc3ccccc3c2c1-n1c2cc(-c3ccccc3)ccc2c2ccc(-c3ccccc3)cc21. The first-order valence-corrected chi connectivity index (χ1v) is 14.5. The van der Waals surface area contributed by atoms with E-state index in [4.69, 9.17) is 0 Å². The van der Waals surface area contributed by atoms with E-state index >= 15 is 0 Å². The molecule has 0 aliphatic carbocycles. The third-order valence-electron chi connectivity index (χ3n) is 8.07. The lowest BCUT2D eigenvalue weighted by molar-refractivity contribution is 1.19. The van der Waals surface area contributed by atoms with Crippen LogP contribution in [0.15, 0.2) is 127 Å². The first kappa shape index (κ1) is 24.1. The Bertz CT molecular complexity index is 2320. The highest BCUT2D eigenvalue weighted by molar-refractivity contribution is 7.26. The summed E-state index contributed by atoms with van der Waals surface area (Å²) in [5.74, 6) is 0. The average Bonchev–Trinajstić information content (AvgIpc) is 3.60. The Balaban J connectivity index is 1.58. The molecule has 0 radical (unpaired) electrons. The second-order valence-corrected chi connectivity index (χ2v) is 11.4. The van der Waals surface area contributed by atoms with Gasteiger partial charge in [0.15, 0.2) is 0 Å². The highest BCUT2D eigenvalue weighted by Gasteiger charge is 2.23. The van der Waals surface area contributed by atoms with Gasteiger partial charge in [0.2, 0.25) is 0 Å². The first-order chi connectivity index (χ1) is 20.7. The Hall–Kier alpha value is -5.68. The molecule has 0 amide bonds. The number of rotatable bonds is 3. The van der Waals surface area contributed by atoms with Gasteiger partial charge in [-0.3, -0.25) is 0 Å². The Labute approximate surface area is 246 Å². The van der Waals surface area contributed by atoms with E-state index in [1.165, 1.54) is 0 Å². The smallest absolute Gasteiger partial charge is 0.101 e. The number of hydrogen-bond donors (Lipinski definition) is 0. The maximum absolute atomic E-state index is 10.5. The van der Waals surface area contributed by atoms with Gasteiger partial charge in [-0.2, -0.15) is 10.5 Å². The minimum atomic E-state index is 0.483. The predicted molar refractivity (Wildman–Crippen MR) is 174 cm³/mol. The summed E-state index contributed by atoms with van der Waals surface area (Å²) in [6.07, 6.45) is 0. The van der Waals surface area contributed by atoms with Crippen molar-refractivity contribution in [1.29, 1.82) is 10.5 Å². The van der Waals surface area contributed by atoms with Gasteiger partial charge < -0.3 is 4.57 Å². The van der Waals surface area contributed by atoms with Crippen LogP contribution in [0.25, 0.3) is 69.9 Å². The van der Waals surface area contributed by atoms with Crippen LogP contribution >= 0.6 is 11.3 Å². The van der Waals surface area contributed by atoms with E-state index in [-0.39, 0.29) is 0 Å². The monoisotopic (exact) mass is 551 g/mol. The largest absolute Gasteiger partial charge is 0.307 e. The maximum atomic E-state index is 10.5. The van der Waals surface area contributed by atoms with Crippen LogP contribution in [0.5, 0.6) is 0 Å². The molecular formula is C38H21N3S. The van der Waals surface area contributed by atoms with Crippen LogP contribution in [-0.2, 0) is 0 Å². The highest BCUT2D eigenvalue weighted by atomic mass is 32.1. The second-order valence-electron chi connectivity index (χ2n) is 10.4. The molecule has 4 heteroatoms. The Morgan fingerprint density at radius 1 is 0.500 bits per heavy atom. The van der Waals surface area contributed by atoms with Crippen LogP contribution in [0.3, 0.4) is 0 Å². The molecule has 0 atom stereocenters. The fourth-order valence-corrected chi connectivity index (χ4v) is 7.33. The molecule has 2 aromatic heterocycles. The summed E-state index contributed by atoms with van der Waals surface area (Å²) in [6.45, 7) is 0. The van der Waals surface area contributed by atoms with E-state index in [1.807, 2.05) is 24.3 Å². The molecule has 0 saturated heterocycles. The first-order valence-electron chi connectivity index (χ1n) is 13.7. The minimum Gasteiger partial charge on any atom is -0.307 e. The normalized spacial score (nSPS) is 11.3. The van der Waals surface area contributed by atoms with Crippen LogP contribution in [0, 0.1) is 22.7 Å². The fourth-order valence-electron chi connectivity index (χ4n) is 6.16. The fraction of sp³-hybridized carbons (Fsp3) is 0. The van der Waals surface area contributed by atoms with Crippen molar-refractivity contribution >= 4 is 53.3 Å². The third kappa shape index (κ3) is 3.57. The second kappa shape index (κ2) is 9.46. The van der Waals surface area contributed by atoms with Crippen molar-refractivity contribution in [1.82, 2.24) is 4.57 Å². The van der Waals surface area contributed by atoms with Crippen LogP contribution in [0.2, 0.25) is 0 Å². The lowest BCUT2D eigenvalue weighted by atomic mass is 10.0. The van der Waals surface area contributed by atoms with E-state index in [9.17, 15) is 10.5 Å². The van der Waals surface area contributed by atoms with Crippen molar-refractivity contribution in [3.05, 3.63) is 139 Å². The molecule has 0 unspecified atom stereocenters. The maximum Gasteiger partial charge on any atom is 0.101 e. The van der Waals surface area contributed by atoms with Gasteiger partial charge in [-0.1, -0.05) is 103 Å². The van der Waals surface area contributed by atoms with Crippen molar-refractivity contribution in [2.45, 2.75) is 0 Å². The summed E-state index contributed by atoms with van der Waals surface area (Å²) in [6, 6.07) is 48.7. The van der Waals surface area contributed by atoms with Gasteiger partial charge in [-0.05, 0) is 46.5 Å². The van der Waals surface area contributed by atoms with Gasteiger partial charge in [-0.25, -0.2) is 0 Å². The van der Waals surface area contributed by atoms with E-state index in [1.54, 1.807) is 17.4 Å². The third-order valence-corrected chi connectivity index (χ3v) is 9.27. The van der Waals surface area contributed by atoms with Crippen LogP contribution in [-0.4, -0.2) is 4.57 Å². The minimum absolute atomic E-state index is 0.483. The predicted octanol–water partition coefficient (Wildman–Crippen LogP) is 10.2. The number of thiophene rings is 1. The summed E-state index contributed by atoms with van der Waals surface area (Å²) in [5.41, 5.74) is 8.35. The molecule has 0 N–H and O–H groups in total. The molecular weight excluding hydrogens is 531 g/mol. The van der Waals surface area contributed by atoms with E-state index in [0.717, 1.165) is 69.9 Å². The summed E-state index contributed by atoms with van der Waals surface area (Å²) in [5, 5.41) is 24.9. The average molecular weight is 552 g/mol. The molecule has 0 spiro atoms. The number of hydrogen-bond acceptors (Lipinski definition) is 3. The Kier molecular flexibility index (Phi) is 5.44. The molecule has 0 bridgehead atoms. The highest BCUT2D eigenvalue weighted by Crippen LogP contribution is 2.44. The Morgan fingerprint density at radius 2 is 1.05 bits per heavy atom. The van der Waals surface area contributed by atoms with Crippen molar-refractivity contribution in [3.63, 3.8) is 0 Å². The van der Waals surface area contributed by atoms with E-state index in [2.05, 4.69) is 114 Å². The molecule has 0 aliphatic heterocycles. The molecule has 0 saturated carbocycles. The van der Waals surface area contributed by atoms with Crippen molar-refractivity contribution in [3.8, 4) is 40.1 Å². The van der Waals surface area contributed by atoms with Gasteiger partial charge in [-0.15, -0.1) is 11.3 Å². The van der Waals surface area contributed by atoms with Gasteiger partial charge in [0.25, 0.3) is 0 Å². The van der Waals surface area contributed by atoms with Crippen LogP contribution < -0.4 is 0 Å². The number of nitriles is 2. The molecule has 42 heavy (non-hydrogen) atoms. The number of benzene rings is 6. The molecule has 0 fully saturated rings. The van der Waals surface area contributed by atoms with Crippen molar-refractivity contribution in [2.75, 3.05) is 0 Å². The molecule has 8 aromatic rings. The standard InChI is InChI=1S/C38H21N3S/c39-22-28-19-29(23-40)38-36(32-13-7-8-14-35(32)42-38)37(28)41-33-20-26(24-9-3-1-4-10-24)15-17-30(33)31-18-16-27(21-34(31)41)25-11-5-2-6-12-25/h1-21H. The number of fused-ring (bicyclic) bond motifs is 6.